The molecule has 1 aliphatic rings. The van der Waals surface area contributed by atoms with E-state index in [1.54, 1.807) is 0 Å². The summed E-state index contributed by atoms with van der Waals surface area (Å²) in [6, 6.07) is -1.54. The maximum atomic E-state index is 12.7. The lowest BCUT2D eigenvalue weighted by Crippen LogP contribution is -2.56. The van der Waals surface area contributed by atoms with E-state index >= 15 is 0 Å². The number of ether oxygens (including phenoxy) is 1. The molecule has 0 bridgehead atoms. The van der Waals surface area contributed by atoms with E-state index in [1.807, 2.05) is 0 Å². The number of anilines is 1. The Morgan fingerprint density at radius 3 is 2.65 bits per heavy atom. The second-order valence-corrected chi connectivity index (χ2v) is 7.94. The van der Waals surface area contributed by atoms with Gasteiger partial charge in [0.1, 0.15) is 30.5 Å². The fourth-order valence-electron chi connectivity index (χ4n) is 2.41. The number of aromatic nitrogens is 1. The Labute approximate surface area is 183 Å². The van der Waals surface area contributed by atoms with E-state index in [2.05, 4.69) is 25.6 Å². The maximum Gasteiger partial charge on any atom is 0.352 e. The quantitative estimate of drug-likeness (QED) is 0.170. The van der Waals surface area contributed by atoms with Gasteiger partial charge in [0.2, 0.25) is 0 Å². The van der Waals surface area contributed by atoms with Gasteiger partial charge in [-0.05, 0) is 0 Å². The number of carboxylic acids is 2. The molecule has 1 aromatic heterocycles. The number of oxime groups is 1. The number of carbonyl (C=O) groups is 4. The third-order valence-corrected chi connectivity index (χ3v) is 5.70. The summed E-state index contributed by atoms with van der Waals surface area (Å²) in [5.74, 6) is -4.21. The predicted molar refractivity (Wildman–Crippen MR) is 110 cm³/mol. The van der Waals surface area contributed by atoms with Gasteiger partial charge in [-0.3, -0.25) is 9.59 Å². The van der Waals surface area contributed by atoms with Gasteiger partial charge in [-0.2, -0.15) is 0 Å². The van der Waals surface area contributed by atoms with E-state index in [9.17, 15) is 29.4 Å². The van der Waals surface area contributed by atoms with E-state index in [1.165, 1.54) is 19.4 Å². The van der Waals surface area contributed by atoms with Crippen molar-refractivity contribution in [2.24, 2.45) is 5.16 Å². The van der Waals surface area contributed by atoms with Crippen LogP contribution in [0.1, 0.15) is 12.6 Å². The van der Waals surface area contributed by atoms with Gasteiger partial charge in [0, 0.05) is 23.6 Å². The number of thioether (sulfide) groups is 1. The number of amides is 1. The molecule has 13 nitrogen and oxygen atoms in total. The van der Waals surface area contributed by atoms with E-state index < -0.39 is 35.2 Å². The van der Waals surface area contributed by atoms with Gasteiger partial charge in [-0.25, -0.2) is 14.6 Å². The van der Waals surface area contributed by atoms with Crippen molar-refractivity contribution < 1.29 is 39.0 Å². The lowest BCUT2D eigenvalue weighted by molar-refractivity contribution is -0.141. The number of rotatable bonds is 9. The molecule has 1 aliphatic heterocycles. The van der Waals surface area contributed by atoms with Crippen molar-refractivity contribution in [2.75, 3.05) is 25.2 Å². The van der Waals surface area contributed by atoms with Crippen LogP contribution in [0.4, 0.5) is 5.13 Å². The summed E-state index contributed by atoms with van der Waals surface area (Å²) < 4.78 is 4.83. The molecule has 0 unspecified atom stereocenters. The van der Waals surface area contributed by atoms with Crippen LogP contribution in [-0.4, -0.2) is 75.6 Å². The first kappa shape index (κ1) is 23.9. The predicted octanol–water partition coefficient (Wildman–Crippen LogP) is -0.790. The van der Waals surface area contributed by atoms with Crippen LogP contribution >= 0.6 is 23.1 Å². The Hall–Kier alpha value is -3.33. The highest BCUT2D eigenvalue weighted by molar-refractivity contribution is 8.00. The largest absolute Gasteiger partial charge is 0.480 e. The molecule has 0 fully saturated rings. The van der Waals surface area contributed by atoms with Crippen molar-refractivity contribution in [2.45, 2.75) is 18.3 Å². The molecule has 0 spiro atoms. The topological polar surface area (TPSA) is 203 Å². The molecule has 0 saturated carbocycles. The van der Waals surface area contributed by atoms with E-state index in [0.29, 0.717) is 0 Å². The van der Waals surface area contributed by atoms with Crippen LogP contribution in [0.5, 0.6) is 0 Å². The third-order valence-electron chi connectivity index (χ3n) is 3.76. The molecule has 2 atom stereocenters. The third kappa shape index (κ3) is 6.32. The van der Waals surface area contributed by atoms with E-state index in [0.717, 1.165) is 23.1 Å². The minimum absolute atomic E-state index is 0.0634. The van der Waals surface area contributed by atoms with Gasteiger partial charge in [0.25, 0.3) is 5.91 Å². The highest BCUT2D eigenvalue weighted by Gasteiger charge is 2.37. The van der Waals surface area contributed by atoms with Crippen molar-refractivity contribution in [1.29, 1.82) is 0 Å². The van der Waals surface area contributed by atoms with Crippen LogP contribution in [0, 0.1) is 0 Å². The first-order valence-electron chi connectivity index (χ1n) is 8.47. The minimum Gasteiger partial charge on any atom is -0.480 e. The van der Waals surface area contributed by atoms with Crippen LogP contribution in [0.15, 0.2) is 21.8 Å². The summed E-state index contributed by atoms with van der Waals surface area (Å²) >= 11 is 2.07. The molecular weight excluding hydrogens is 454 g/mol. The second-order valence-electron chi connectivity index (χ2n) is 5.92. The standard InChI is InChI=1S/C16H19N5O8S2/c1-6(22)29-3-7-4-30-13(20-9(7)14(24)25)11(15(26)27)19-12(23)10(21-28-2)8-5-31-16(17)18-8/h5,11,13,20H,3-4H2,1-2H3,(H2,17,18)(H,19,23)(H,24,25)(H,26,27)/b21-10-/t11-,13+/m0/s1. The first-order chi connectivity index (χ1) is 14.6. The molecule has 2 rings (SSSR count). The van der Waals surface area contributed by atoms with Gasteiger partial charge in [-0.15, -0.1) is 23.1 Å². The Bertz CT molecular complexity index is 944. The summed E-state index contributed by atoms with van der Waals surface area (Å²) in [6.07, 6.45) is 0. The number of nitrogens with two attached hydrogens (primary N) is 1. The molecule has 6 N–H and O–H groups in total. The van der Waals surface area contributed by atoms with Crippen LogP contribution in [-0.2, 0) is 28.8 Å². The van der Waals surface area contributed by atoms with E-state index in [4.69, 9.17) is 10.5 Å². The summed E-state index contributed by atoms with van der Waals surface area (Å²) in [5.41, 5.74) is 5.31. The Balaban J connectivity index is 2.23. The highest BCUT2D eigenvalue weighted by Crippen LogP contribution is 2.25. The average molecular weight is 473 g/mol. The molecule has 15 heteroatoms. The molecule has 2 heterocycles. The monoisotopic (exact) mass is 473 g/mol. The van der Waals surface area contributed by atoms with Crippen LogP contribution in [0.25, 0.3) is 0 Å². The zero-order valence-electron chi connectivity index (χ0n) is 16.3. The molecular formula is C16H19N5O8S2. The molecule has 31 heavy (non-hydrogen) atoms. The van der Waals surface area contributed by atoms with Gasteiger partial charge >= 0.3 is 17.9 Å². The fourth-order valence-corrected chi connectivity index (χ4v) is 4.15. The molecule has 0 aliphatic carbocycles. The van der Waals surface area contributed by atoms with Crippen molar-refractivity contribution >= 4 is 57.8 Å². The number of thiazole rings is 1. The maximum absolute atomic E-state index is 12.7. The number of nitrogens with zero attached hydrogens (tertiary/aromatic N) is 2. The number of carbonyl (C=O) groups excluding carboxylic acids is 2. The molecule has 0 aromatic carbocycles. The van der Waals surface area contributed by atoms with E-state index in [-0.39, 0.29) is 40.2 Å². The number of esters is 1. The molecule has 1 amide bonds. The number of carboxylic acid groups (broad SMARTS) is 2. The summed E-state index contributed by atoms with van der Waals surface area (Å²) in [7, 11) is 1.20. The zero-order chi connectivity index (χ0) is 23.1. The van der Waals surface area contributed by atoms with Gasteiger partial charge in [0.05, 0.1) is 0 Å². The van der Waals surface area contributed by atoms with Gasteiger partial charge in [-0.1, -0.05) is 5.16 Å². The Morgan fingerprint density at radius 1 is 1.42 bits per heavy atom. The first-order valence-corrected chi connectivity index (χ1v) is 10.4. The van der Waals surface area contributed by atoms with Gasteiger partial charge in [0.15, 0.2) is 16.9 Å². The highest BCUT2D eigenvalue weighted by atomic mass is 32.2. The zero-order valence-corrected chi connectivity index (χ0v) is 17.9. The average Bonchev–Trinajstić information content (AvgIpc) is 3.13. The number of hydrogen-bond acceptors (Lipinski definition) is 12. The Morgan fingerprint density at radius 2 is 2.13 bits per heavy atom. The van der Waals surface area contributed by atoms with Crippen molar-refractivity contribution in [3.8, 4) is 0 Å². The molecule has 0 saturated heterocycles. The van der Waals surface area contributed by atoms with Crippen LogP contribution < -0.4 is 16.4 Å². The van der Waals surface area contributed by atoms with Crippen molar-refractivity contribution in [3.63, 3.8) is 0 Å². The van der Waals surface area contributed by atoms with Crippen molar-refractivity contribution in [3.05, 3.63) is 22.3 Å². The number of nitrogen functional groups attached to an aromatic ring is 1. The normalized spacial score (nSPS) is 17.4. The Kier molecular flexibility index (Phi) is 8.21. The second kappa shape index (κ2) is 10.6. The number of hydrogen-bond donors (Lipinski definition) is 5. The summed E-state index contributed by atoms with van der Waals surface area (Å²) in [5, 5.41) is 28.1. The number of nitrogens with one attached hydrogen (secondary N) is 2. The van der Waals surface area contributed by atoms with Gasteiger partial charge < -0.3 is 36.2 Å². The fraction of sp³-hybridized carbons (Fsp3) is 0.375. The van der Waals surface area contributed by atoms with Crippen molar-refractivity contribution in [1.82, 2.24) is 15.6 Å². The van der Waals surface area contributed by atoms with Crippen LogP contribution in [0.3, 0.4) is 0 Å². The summed E-state index contributed by atoms with van der Waals surface area (Å²) in [6.45, 7) is 0.919. The lowest BCUT2D eigenvalue weighted by Gasteiger charge is -2.31. The lowest BCUT2D eigenvalue weighted by atomic mass is 10.2. The molecule has 1 aromatic rings. The van der Waals surface area contributed by atoms with Crippen LogP contribution in [0.2, 0.25) is 0 Å². The molecule has 168 valence electrons. The molecule has 0 radical (unpaired) electrons. The summed E-state index contributed by atoms with van der Waals surface area (Å²) in [4.78, 5) is 55.7. The number of aliphatic carboxylic acids is 2. The SMILES string of the molecule is CO/N=C(\C(=O)N[C@H](C(=O)O)[C@@H]1NC(C(=O)O)=C(COC(C)=O)CS1)c1csc(N)n1. The minimum atomic E-state index is -1.54. The smallest absolute Gasteiger partial charge is 0.352 e.